The van der Waals surface area contributed by atoms with Gasteiger partial charge in [0.25, 0.3) is 5.91 Å². The smallest absolute Gasteiger partial charge is 0.329 e. The highest BCUT2D eigenvalue weighted by molar-refractivity contribution is 5.89. The largest absolute Gasteiger partial charge is 0.460 e. The second kappa shape index (κ2) is 25.3. The maximum Gasteiger partial charge on any atom is 0.329 e. The van der Waals surface area contributed by atoms with E-state index in [0.29, 0.717) is 63.4 Å². The number of ether oxygens (including phenoxy) is 5. The van der Waals surface area contributed by atoms with E-state index in [0.717, 1.165) is 12.0 Å². The highest BCUT2D eigenvalue weighted by atomic mass is 16.6. The molecular weight excluding hydrogens is 835 g/mol. The summed E-state index contributed by atoms with van der Waals surface area (Å²) in [6.07, 6.45) is 9.72. The first kappa shape index (κ1) is 54.5. The van der Waals surface area contributed by atoms with Crippen LogP contribution in [0.15, 0.2) is 47.6 Å². The van der Waals surface area contributed by atoms with Gasteiger partial charge in [0.1, 0.15) is 30.1 Å². The zero-order valence-corrected chi connectivity index (χ0v) is 40.7. The fourth-order valence-electron chi connectivity index (χ4n) is 10.3. The first-order valence-corrected chi connectivity index (χ1v) is 24.1. The van der Waals surface area contributed by atoms with Crippen molar-refractivity contribution in [3.05, 3.63) is 47.6 Å². The number of Topliss-reactive ketones (excluding diaryl/α,β-unsaturated/α-hetero) is 2. The van der Waals surface area contributed by atoms with E-state index in [2.05, 4.69) is 0 Å². The lowest BCUT2D eigenvalue weighted by molar-refractivity contribution is -0.317. The van der Waals surface area contributed by atoms with E-state index in [1.807, 2.05) is 58.1 Å². The lowest BCUT2D eigenvalue weighted by atomic mass is 9.78. The van der Waals surface area contributed by atoms with Gasteiger partial charge >= 0.3 is 5.97 Å². The number of nitrogens with zero attached hydrogens (tertiary/aromatic N) is 1. The van der Waals surface area contributed by atoms with E-state index in [9.17, 15) is 39.6 Å². The van der Waals surface area contributed by atoms with E-state index in [4.69, 9.17) is 23.7 Å². The predicted octanol–water partition coefficient (Wildman–Crippen LogP) is 5.97. The third-order valence-electron chi connectivity index (χ3n) is 14.7. The zero-order chi connectivity index (χ0) is 48.2. The van der Waals surface area contributed by atoms with Crippen molar-refractivity contribution in [1.29, 1.82) is 0 Å². The van der Waals surface area contributed by atoms with Gasteiger partial charge in [-0.2, -0.15) is 0 Å². The summed E-state index contributed by atoms with van der Waals surface area (Å²) >= 11 is 0. The van der Waals surface area contributed by atoms with Crippen LogP contribution in [0.2, 0.25) is 0 Å². The van der Waals surface area contributed by atoms with Crippen molar-refractivity contribution in [2.45, 2.75) is 186 Å². The molecule has 4 rings (SSSR count). The predicted molar refractivity (Wildman–Crippen MR) is 246 cm³/mol. The number of hydrogen-bond donors (Lipinski definition) is 4. The van der Waals surface area contributed by atoms with E-state index >= 15 is 0 Å². The summed E-state index contributed by atoms with van der Waals surface area (Å²) in [5, 5.41) is 45.7. The van der Waals surface area contributed by atoms with Crippen LogP contribution < -0.4 is 0 Å². The SMILES string of the molecule is COC1CC2CCC(C)C(O)(O2)C(O)C(=O)N2CCCCC2C(=O)OC(C(C)CC2CCC(O)C(OC)C2)CC(=O)C(C)/C=C(\C)C(O)C(OC)C(=O)C(C)CC(C)/C=C/C=C/C=C/1C. The first-order valence-electron chi connectivity index (χ1n) is 24.1. The first-order chi connectivity index (χ1) is 30.7. The molecule has 14 nitrogen and oxygen atoms in total. The number of fused-ring (bicyclic) bond motifs is 3. The van der Waals surface area contributed by atoms with Crippen LogP contribution in [0.3, 0.4) is 0 Å². The Morgan fingerprint density at radius 1 is 0.846 bits per heavy atom. The zero-order valence-electron chi connectivity index (χ0n) is 40.7. The number of carbonyl (C=O) groups excluding carboxylic acids is 4. The molecule has 2 bridgehead atoms. The molecule has 3 fully saturated rings. The quantitative estimate of drug-likeness (QED) is 0.180. The molecule has 16 atom stereocenters. The molecule has 65 heavy (non-hydrogen) atoms. The number of esters is 1. The molecule has 3 heterocycles. The summed E-state index contributed by atoms with van der Waals surface area (Å²) in [6.45, 7) is 12.9. The maximum atomic E-state index is 14.4. The summed E-state index contributed by atoms with van der Waals surface area (Å²) in [7, 11) is 4.55. The topological polar surface area (TPSA) is 199 Å². The number of hydrogen-bond acceptors (Lipinski definition) is 13. The number of aliphatic hydroxyl groups is 4. The van der Waals surface area contributed by atoms with Gasteiger partial charge in [0.2, 0.25) is 5.79 Å². The normalized spacial score (nSPS) is 41.5. The van der Waals surface area contributed by atoms with E-state index in [-0.39, 0.29) is 60.9 Å². The molecule has 1 saturated carbocycles. The molecule has 1 aliphatic carbocycles. The lowest BCUT2D eigenvalue weighted by Gasteiger charge is -2.46. The van der Waals surface area contributed by atoms with Crippen LogP contribution in [-0.4, -0.2) is 137 Å². The Hall–Kier alpha value is -3.08. The number of piperidine rings is 1. The Kier molecular flexibility index (Phi) is 21.3. The molecule has 14 heteroatoms. The van der Waals surface area contributed by atoms with Crippen LogP contribution in [0.25, 0.3) is 0 Å². The minimum absolute atomic E-state index is 0.0264. The van der Waals surface area contributed by atoms with Crippen molar-refractivity contribution >= 4 is 23.4 Å². The number of carbonyl (C=O) groups is 4. The molecule has 0 radical (unpaired) electrons. The van der Waals surface area contributed by atoms with E-state index < -0.39 is 78.1 Å². The van der Waals surface area contributed by atoms with Gasteiger partial charge in [0, 0.05) is 58.5 Å². The number of ketones is 2. The Labute approximate surface area is 387 Å². The second-order valence-corrected chi connectivity index (χ2v) is 19.8. The molecule has 0 aromatic carbocycles. The summed E-state index contributed by atoms with van der Waals surface area (Å²) in [5.41, 5.74) is 1.30. The Morgan fingerprint density at radius 3 is 2.25 bits per heavy atom. The Balaban J connectivity index is 1.70. The minimum atomic E-state index is -2.23. The van der Waals surface area contributed by atoms with Gasteiger partial charge in [-0.25, -0.2) is 4.79 Å². The maximum absolute atomic E-state index is 14.4. The van der Waals surface area contributed by atoms with E-state index in [1.165, 1.54) is 12.0 Å². The third-order valence-corrected chi connectivity index (χ3v) is 14.7. The minimum Gasteiger partial charge on any atom is -0.460 e. The highest BCUT2D eigenvalue weighted by Gasteiger charge is 2.53. The van der Waals surface area contributed by atoms with Crippen LogP contribution in [0.1, 0.15) is 126 Å². The lowest BCUT2D eigenvalue weighted by Crippen LogP contribution is -2.63. The Morgan fingerprint density at radius 2 is 1.57 bits per heavy atom. The summed E-state index contributed by atoms with van der Waals surface area (Å²) in [5.74, 6) is -6.22. The van der Waals surface area contributed by atoms with Gasteiger partial charge in [-0.15, -0.1) is 0 Å². The molecule has 16 unspecified atom stereocenters. The second-order valence-electron chi connectivity index (χ2n) is 19.8. The van der Waals surface area contributed by atoms with Gasteiger partial charge in [-0.05, 0) is 107 Å². The molecule has 4 aliphatic rings. The van der Waals surface area contributed by atoms with Gasteiger partial charge in [0.05, 0.1) is 24.4 Å². The average Bonchev–Trinajstić information content (AvgIpc) is 3.28. The number of aliphatic hydroxyl groups excluding tert-OH is 3. The van der Waals surface area contributed by atoms with Crippen molar-refractivity contribution in [3.8, 4) is 0 Å². The van der Waals surface area contributed by atoms with Crippen LogP contribution >= 0.6 is 0 Å². The third kappa shape index (κ3) is 14.5. The van der Waals surface area contributed by atoms with Crippen molar-refractivity contribution in [2.75, 3.05) is 27.9 Å². The van der Waals surface area contributed by atoms with Gasteiger partial charge in [-0.1, -0.05) is 71.1 Å². The fraction of sp³-hybridized carbons (Fsp3) is 0.765. The molecule has 0 spiro atoms. The van der Waals surface area contributed by atoms with Crippen LogP contribution in [0, 0.1) is 35.5 Å². The molecule has 1 amide bonds. The summed E-state index contributed by atoms with van der Waals surface area (Å²) in [4.78, 5) is 57.8. The molecule has 2 saturated heterocycles. The average molecular weight is 916 g/mol. The van der Waals surface area contributed by atoms with Crippen molar-refractivity contribution in [2.24, 2.45) is 35.5 Å². The Bertz CT molecular complexity index is 1710. The van der Waals surface area contributed by atoms with Gasteiger partial charge in [0.15, 0.2) is 11.9 Å². The van der Waals surface area contributed by atoms with Crippen molar-refractivity contribution in [3.63, 3.8) is 0 Å². The molecule has 368 valence electrons. The van der Waals surface area contributed by atoms with Crippen LogP contribution in [0.5, 0.6) is 0 Å². The molecule has 0 aromatic heterocycles. The standard InChI is InChI=1S/C51H81NO13/c1-30-16-12-11-13-17-31(2)42(61-8)28-38-21-19-36(7)51(60,65-38)48(57)49(58)52-23-15-14-18-39(52)50(59)64-43(33(4)26-37-20-22-40(53)44(27-37)62-9)29-41(54)32(3)25-35(6)46(56)47(63-10)45(55)34(5)24-30/h11-13,16-17,25,30,32-34,36-40,42-44,46-48,53,56-57,60H,14-15,18-24,26-29H2,1-10H3/b13-11+,16-12+,31-17+,35-25+. The fourth-order valence-corrected chi connectivity index (χ4v) is 10.3. The van der Waals surface area contributed by atoms with Crippen molar-refractivity contribution in [1.82, 2.24) is 4.90 Å². The molecule has 0 aromatic rings. The number of methoxy groups -OCH3 is 3. The number of allylic oxidation sites excluding steroid dienone is 6. The molecular formula is C51H81NO13. The van der Waals surface area contributed by atoms with Crippen LogP contribution in [-0.2, 0) is 42.9 Å². The monoisotopic (exact) mass is 916 g/mol. The molecule has 4 N–H and O–H groups in total. The molecule has 3 aliphatic heterocycles. The van der Waals surface area contributed by atoms with Crippen molar-refractivity contribution < 1.29 is 63.3 Å². The van der Waals surface area contributed by atoms with Gasteiger partial charge in [-0.3, -0.25) is 14.4 Å². The number of cyclic esters (lactones) is 1. The van der Waals surface area contributed by atoms with Gasteiger partial charge < -0.3 is 49.0 Å². The summed E-state index contributed by atoms with van der Waals surface area (Å²) in [6, 6.07) is -1.08. The van der Waals surface area contributed by atoms with E-state index in [1.54, 1.807) is 41.1 Å². The highest BCUT2D eigenvalue weighted by Crippen LogP contribution is 2.39. The number of rotatable bonds is 6. The summed E-state index contributed by atoms with van der Waals surface area (Å²) < 4.78 is 29.5. The van der Waals surface area contributed by atoms with Crippen LogP contribution in [0.4, 0.5) is 0 Å². The number of amides is 1.